The number of carbonyl (C=O) groups is 1. The van der Waals surface area contributed by atoms with Crippen molar-refractivity contribution in [2.24, 2.45) is 0 Å². The van der Waals surface area contributed by atoms with E-state index < -0.39 is 0 Å². The molecule has 0 aliphatic heterocycles. The zero-order valence-electron chi connectivity index (χ0n) is 16.4. The number of aromatic nitrogens is 3. The number of nitrogens with zero attached hydrogens (tertiary/aromatic N) is 3. The van der Waals surface area contributed by atoms with Gasteiger partial charge in [0.15, 0.2) is 0 Å². The van der Waals surface area contributed by atoms with E-state index in [9.17, 15) is 4.79 Å². The number of amides is 1. The molecule has 1 aliphatic carbocycles. The Bertz CT molecular complexity index is 1170. The van der Waals surface area contributed by atoms with Crippen molar-refractivity contribution in [1.29, 1.82) is 0 Å². The fraction of sp³-hybridized carbons (Fsp3) is 0.261. The zero-order valence-corrected chi connectivity index (χ0v) is 16.4. The van der Waals surface area contributed by atoms with Crippen LogP contribution in [0.5, 0.6) is 0 Å². The smallest absolute Gasteiger partial charge is 0.259 e. The number of hydrogen-bond acceptors (Lipinski definition) is 4. The summed E-state index contributed by atoms with van der Waals surface area (Å²) >= 11 is 0. The van der Waals surface area contributed by atoms with E-state index in [1.165, 1.54) is 0 Å². The van der Waals surface area contributed by atoms with Gasteiger partial charge in [-0.05, 0) is 62.6 Å². The van der Waals surface area contributed by atoms with Crippen LogP contribution < -0.4 is 5.32 Å². The van der Waals surface area contributed by atoms with Gasteiger partial charge in [0.25, 0.3) is 11.6 Å². The zero-order chi connectivity index (χ0) is 20.0. The molecular formula is C23H22N4O2. The molecule has 1 aliphatic rings. The topological polar surface area (TPSA) is 72.9 Å². The van der Waals surface area contributed by atoms with E-state index in [4.69, 9.17) is 4.52 Å². The van der Waals surface area contributed by atoms with Crippen LogP contribution in [-0.4, -0.2) is 20.6 Å². The summed E-state index contributed by atoms with van der Waals surface area (Å²) in [7, 11) is 0. The summed E-state index contributed by atoms with van der Waals surface area (Å²) in [6.07, 6.45) is 6.23. The van der Waals surface area contributed by atoms with E-state index in [2.05, 4.69) is 32.2 Å². The first-order chi connectivity index (χ1) is 14.1. The lowest BCUT2D eigenvalue weighted by molar-refractivity contribution is 0.0941. The van der Waals surface area contributed by atoms with Crippen LogP contribution in [0.25, 0.3) is 16.8 Å². The summed E-state index contributed by atoms with van der Waals surface area (Å²) in [4.78, 5) is 17.7. The Kier molecular flexibility index (Phi) is 4.19. The van der Waals surface area contributed by atoms with Gasteiger partial charge in [-0.3, -0.25) is 4.79 Å². The highest BCUT2D eigenvalue weighted by Crippen LogP contribution is 2.40. The van der Waals surface area contributed by atoms with E-state index in [-0.39, 0.29) is 11.9 Å². The molecule has 3 aromatic heterocycles. The summed E-state index contributed by atoms with van der Waals surface area (Å²) < 4.78 is 7.40. The SMILES string of the molecule is Cc1noc2nc(C3CC3)cc(C(=O)N[C@H](C)c3ccc(-n4cccc4)cc3)c12. The minimum absolute atomic E-state index is 0.131. The lowest BCUT2D eigenvalue weighted by atomic mass is 10.0. The first-order valence-corrected chi connectivity index (χ1v) is 9.91. The molecule has 0 bridgehead atoms. The molecule has 5 rings (SSSR count). The minimum atomic E-state index is -0.132. The molecule has 1 N–H and O–H groups in total. The molecule has 3 heterocycles. The quantitative estimate of drug-likeness (QED) is 0.540. The minimum Gasteiger partial charge on any atom is -0.345 e. The van der Waals surface area contributed by atoms with Crippen molar-refractivity contribution in [3.8, 4) is 5.69 Å². The van der Waals surface area contributed by atoms with Gasteiger partial charge in [0.1, 0.15) is 0 Å². The molecular weight excluding hydrogens is 364 g/mol. The lowest BCUT2D eigenvalue weighted by Gasteiger charge is -2.16. The molecule has 146 valence electrons. The fourth-order valence-corrected chi connectivity index (χ4v) is 3.68. The fourth-order valence-electron chi connectivity index (χ4n) is 3.68. The maximum Gasteiger partial charge on any atom is 0.259 e. The molecule has 0 saturated heterocycles. The van der Waals surface area contributed by atoms with Gasteiger partial charge >= 0.3 is 0 Å². The van der Waals surface area contributed by atoms with E-state index in [0.29, 0.717) is 28.3 Å². The number of hydrogen-bond donors (Lipinski definition) is 1. The highest BCUT2D eigenvalue weighted by atomic mass is 16.5. The van der Waals surface area contributed by atoms with Gasteiger partial charge in [-0.15, -0.1) is 0 Å². The molecule has 29 heavy (non-hydrogen) atoms. The number of rotatable bonds is 5. The third kappa shape index (κ3) is 3.31. The van der Waals surface area contributed by atoms with Crippen molar-refractivity contribution in [2.75, 3.05) is 0 Å². The Morgan fingerprint density at radius 3 is 2.62 bits per heavy atom. The molecule has 6 heteroatoms. The Hall–Kier alpha value is -3.41. The molecule has 0 unspecified atom stereocenters. The van der Waals surface area contributed by atoms with E-state index in [1.807, 2.05) is 56.6 Å². The van der Waals surface area contributed by atoms with Crippen molar-refractivity contribution in [2.45, 2.75) is 38.6 Å². The van der Waals surface area contributed by atoms with Gasteiger partial charge in [-0.25, -0.2) is 4.98 Å². The van der Waals surface area contributed by atoms with E-state index in [1.54, 1.807) is 0 Å². The average Bonchev–Trinajstić information content (AvgIpc) is 3.31. The number of benzene rings is 1. The third-order valence-electron chi connectivity index (χ3n) is 5.52. The Morgan fingerprint density at radius 2 is 1.93 bits per heavy atom. The first kappa shape index (κ1) is 17.7. The summed E-state index contributed by atoms with van der Waals surface area (Å²) in [5, 5.41) is 7.83. The molecule has 4 aromatic rings. The Labute approximate surface area is 168 Å². The number of fused-ring (bicyclic) bond motifs is 1. The molecule has 1 amide bonds. The van der Waals surface area contributed by atoms with Crippen molar-refractivity contribution >= 4 is 17.0 Å². The molecule has 6 nitrogen and oxygen atoms in total. The van der Waals surface area contributed by atoms with Gasteiger partial charge in [0.2, 0.25) is 0 Å². The molecule has 1 fully saturated rings. The largest absolute Gasteiger partial charge is 0.345 e. The monoisotopic (exact) mass is 386 g/mol. The predicted molar refractivity (Wildman–Crippen MR) is 110 cm³/mol. The second-order valence-electron chi connectivity index (χ2n) is 7.69. The third-order valence-corrected chi connectivity index (χ3v) is 5.52. The molecule has 1 atom stereocenters. The maximum absolute atomic E-state index is 13.1. The van der Waals surface area contributed by atoms with Crippen molar-refractivity contribution in [3.63, 3.8) is 0 Å². The van der Waals surface area contributed by atoms with Gasteiger partial charge in [0.05, 0.1) is 22.7 Å². The summed E-state index contributed by atoms with van der Waals surface area (Å²) in [6, 6.07) is 14.0. The van der Waals surface area contributed by atoms with E-state index >= 15 is 0 Å². The van der Waals surface area contributed by atoms with Crippen LogP contribution in [0.2, 0.25) is 0 Å². The van der Waals surface area contributed by atoms with Gasteiger partial charge in [-0.1, -0.05) is 17.3 Å². The van der Waals surface area contributed by atoms with Crippen LogP contribution in [-0.2, 0) is 0 Å². The van der Waals surface area contributed by atoms with Crippen LogP contribution in [0, 0.1) is 6.92 Å². The standard InChI is InChI=1S/C23H22N4O2/c1-14(16-7-9-18(10-8-16)27-11-3-4-12-27)24-22(28)19-13-20(17-5-6-17)25-23-21(19)15(2)26-29-23/h3-4,7-14,17H,5-6H2,1-2H3,(H,24,28)/t14-/m1/s1. The van der Waals surface area contributed by atoms with E-state index in [0.717, 1.165) is 29.8 Å². The molecule has 0 spiro atoms. The number of nitrogens with one attached hydrogen (secondary N) is 1. The number of aryl methyl sites for hydroxylation is 1. The predicted octanol–water partition coefficient (Wildman–Crippen LogP) is 4.69. The van der Waals surface area contributed by atoms with Crippen LogP contribution in [0.1, 0.15) is 59.0 Å². The van der Waals surface area contributed by atoms with Gasteiger partial charge in [-0.2, -0.15) is 0 Å². The lowest BCUT2D eigenvalue weighted by Crippen LogP contribution is -2.27. The second-order valence-corrected chi connectivity index (χ2v) is 7.69. The van der Waals surface area contributed by atoms with Crippen LogP contribution in [0.4, 0.5) is 0 Å². The molecule has 1 aromatic carbocycles. The van der Waals surface area contributed by atoms with Crippen molar-refractivity contribution in [1.82, 2.24) is 20.0 Å². The Balaban J connectivity index is 1.40. The normalized spacial score (nSPS) is 14.8. The molecule has 0 radical (unpaired) electrons. The maximum atomic E-state index is 13.1. The second kappa shape index (κ2) is 6.88. The number of pyridine rings is 1. The summed E-state index contributed by atoms with van der Waals surface area (Å²) in [5.74, 6) is 0.294. The van der Waals surface area contributed by atoms with Crippen molar-refractivity contribution < 1.29 is 9.32 Å². The first-order valence-electron chi connectivity index (χ1n) is 9.91. The highest BCUT2D eigenvalue weighted by Gasteiger charge is 2.29. The molecule has 1 saturated carbocycles. The Morgan fingerprint density at radius 1 is 1.21 bits per heavy atom. The highest BCUT2D eigenvalue weighted by molar-refractivity contribution is 6.06. The number of carbonyl (C=O) groups excluding carboxylic acids is 1. The van der Waals surface area contributed by atoms with Gasteiger partial charge in [0, 0.05) is 29.7 Å². The van der Waals surface area contributed by atoms with Crippen LogP contribution in [0.15, 0.2) is 59.4 Å². The average molecular weight is 386 g/mol. The van der Waals surface area contributed by atoms with Crippen molar-refractivity contribution in [3.05, 3.63) is 77.4 Å². The van der Waals surface area contributed by atoms with Gasteiger partial charge < -0.3 is 14.4 Å². The summed E-state index contributed by atoms with van der Waals surface area (Å²) in [6.45, 7) is 3.83. The summed E-state index contributed by atoms with van der Waals surface area (Å²) in [5.41, 5.74) is 4.77. The van der Waals surface area contributed by atoms with Crippen LogP contribution >= 0.6 is 0 Å². The van der Waals surface area contributed by atoms with Crippen LogP contribution in [0.3, 0.4) is 0 Å².